The highest BCUT2D eigenvalue weighted by atomic mass is 35.5. The molecule has 2 aromatic rings. The van der Waals surface area contributed by atoms with Gasteiger partial charge in [0, 0.05) is 30.4 Å². The molecule has 0 saturated heterocycles. The second kappa shape index (κ2) is 6.24. The minimum Gasteiger partial charge on any atom is -0.395 e. The van der Waals surface area contributed by atoms with Gasteiger partial charge in [0.25, 0.3) is 0 Å². The summed E-state index contributed by atoms with van der Waals surface area (Å²) < 4.78 is 0. The second-order valence-corrected chi connectivity index (χ2v) is 4.94. The van der Waals surface area contributed by atoms with Crippen molar-refractivity contribution in [1.82, 2.24) is 4.98 Å². The molecule has 1 aromatic carbocycles. The number of anilines is 1. The van der Waals surface area contributed by atoms with E-state index in [9.17, 15) is 0 Å². The number of aromatic nitrogens is 1. The molecule has 1 aromatic heterocycles. The van der Waals surface area contributed by atoms with Crippen molar-refractivity contribution in [3.05, 3.63) is 46.7 Å². The van der Waals surface area contributed by atoms with Gasteiger partial charge in [-0.1, -0.05) is 35.3 Å². The van der Waals surface area contributed by atoms with Crippen LogP contribution in [0.25, 0.3) is 11.1 Å². The number of pyridine rings is 1. The third-order valence-electron chi connectivity index (χ3n) is 2.85. The SMILES string of the molecule is CN(CCO)c1c(-c2ccc(Cl)cc2)ccnc1Cl. The van der Waals surface area contributed by atoms with Crippen LogP contribution in [0, 0.1) is 0 Å². The molecule has 0 bridgehead atoms. The fourth-order valence-corrected chi connectivity index (χ4v) is 2.34. The first-order valence-corrected chi connectivity index (χ1v) is 6.61. The van der Waals surface area contributed by atoms with Crippen LogP contribution < -0.4 is 4.90 Å². The molecule has 5 heteroatoms. The average Bonchev–Trinajstić information content (AvgIpc) is 2.39. The second-order valence-electron chi connectivity index (χ2n) is 4.15. The van der Waals surface area contributed by atoms with E-state index in [1.54, 1.807) is 6.20 Å². The summed E-state index contributed by atoms with van der Waals surface area (Å²) in [6, 6.07) is 9.44. The Kier molecular flexibility index (Phi) is 4.64. The van der Waals surface area contributed by atoms with E-state index in [0.717, 1.165) is 16.8 Å². The maximum atomic E-state index is 9.06. The normalized spacial score (nSPS) is 10.5. The van der Waals surface area contributed by atoms with Crippen LogP contribution >= 0.6 is 23.2 Å². The number of hydrogen-bond donors (Lipinski definition) is 1. The van der Waals surface area contributed by atoms with Crippen molar-refractivity contribution >= 4 is 28.9 Å². The lowest BCUT2D eigenvalue weighted by molar-refractivity contribution is 0.304. The van der Waals surface area contributed by atoms with E-state index in [2.05, 4.69) is 4.98 Å². The van der Waals surface area contributed by atoms with E-state index in [1.807, 2.05) is 42.3 Å². The van der Waals surface area contributed by atoms with Crippen LogP contribution in [0.2, 0.25) is 10.2 Å². The molecule has 0 aliphatic heterocycles. The summed E-state index contributed by atoms with van der Waals surface area (Å²) in [5, 5.41) is 10.2. The maximum absolute atomic E-state index is 9.06. The quantitative estimate of drug-likeness (QED) is 0.878. The molecule has 0 aliphatic rings. The first-order valence-electron chi connectivity index (χ1n) is 5.86. The van der Waals surface area contributed by atoms with Gasteiger partial charge in [0.05, 0.1) is 12.3 Å². The van der Waals surface area contributed by atoms with Crippen LogP contribution in [0.3, 0.4) is 0 Å². The third-order valence-corrected chi connectivity index (χ3v) is 3.38. The van der Waals surface area contributed by atoms with E-state index in [4.69, 9.17) is 28.3 Å². The lowest BCUT2D eigenvalue weighted by Gasteiger charge is -2.22. The fraction of sp³-hybridized carbons (Fsp3) is 0.214. The van der Waals surface area contributed by atoms with Crippen molar-refractivity contribution in [3.63, 3.8) is 0 Å². The van der Waals surface area contributed by atoms with E-state index in [-0.39, 0.29) is 6.61 Å². The number of halogens is 2. The molecule has 19 heavy (non-hydrogen) atoms. The fourth-order valence-electron chi connectivity index (χ4n) is 1.92. The van der Waals surface area contributed by atoms with Gasteiger partial charge in [-0.3, -0.25) is 0 Å². The zero-order valence-electron chi connectivity index (χ0n) is 10.5. The number of benzene rings is 1. The zero-order valence-corrected chi connectivity index (χ0v) is 12.0. The van der Waals surface area contributed by atoms with Gasteiger partial charge >= 0.3 is 0 Å². The van der Waals surface area contributed by atoms with E-state index in [0.29, 0.717) is 16.7 Å². The molecule has 100 valence electrons. The molecule has 2 rings (SSSR count). The highest BCUT2D eigenvalue weighted by Gasteiger charge is 2.14. The Morgan fingerprint density at radius 1 is 1.16 bits per heavy atom. The lowest BCUT2D eigenvalue weighted by atomic mass is 10.1. The van der Waals surface area contributed by atoms with Crippen LogP contribution in [0.1, 0.15) is 0 Å². The molecule has 1 N–H and O–H groups in total. The van der Waals surface area contributed by atoms with Crippen LogP contribution in [-0.2, 0) is 0 Å². The molecule has 0 atom stereocenters. The highest BCUT2D eigenvalue weighted by molar-refractivity contribution is 6.33. The maximum Gasteiger partial charge on any atom is 0.152 e. The Labute approximate surface area is 122 Å². The van der Waals surface area contributed by atoms with Gasteiger partial charge in [-0.25, -0.2) is 4.98 Å². The van der Waals surface area contributed by atoms with Gasteiger partial charge in [-0.05, 0) is 23.8 Å². The molecule has 0 radical (unpaired) electrons. The number of likely N-dealkylation sites (N-methyl/N-ethyl adjacent to an activating group) is 1. The summed E-state index contributed by atoms with van der Waals surface area (Å²) in [5.41, 5.74) is 2.78. The number of rotatable bonds is 4. The molecule has 0 saturated carbocycles. The summed E-state index contributed by atoms with van der Waals surface area (Å²) >= 11 is 12.1. The molecular weight excluding hydrogens is 283 g/mol. The minimum absolute atomic E-state index is 0.0573. The monoisotopic (exact) mass is 296 g/mol. The molecule has 1 heterocycles. The third kappa shape index (κ3) is 3.18. The Balaban J connectivity index is 2.50. The molecule has 0 unspecified atom stereocenters. The molecule has 0 amide bonds. The number of aliphatic hydroxyl groups is 1. The van der Waals surface area contributed by atoms with Crippen LogP contribution in [0.5, 0.6) is 0 Å². The highest BCUT2D eigenvalue weighted by Crippen LogP contribution is 2.35. The van der Waals surface area contributed by atoms with Crippen molar-refractivity contribution in [2.75, 3.05) is 25.1 Å². The summed E-state index contributed by atoms with van der Waals surface area (Å²) in [6.07, 6.45) is 1.67. The first-order chi connectivity index (χ1) is 9.13. The number of nitrogens with zero attached hydrogens (tertiary/aromatic N) is 2. The smallest absolute Gasteiger partial charge is 0.152 e. The molecule has 3 nitrogen and oxygen atoms in total. The first kappa shape index (κ1) is 14.1. The van der Waals surface area contributed by atoms with Crippen molar-refractivity contribution in [2.24, 2.45) is 0 Å². The largest absolute Gasteiger partial charge is 0.395 e. The van der Waals surface area contributed by atoms with Crippen LogP contribution in [0.15, 0.2) is 36.5 Å². The van der Waals surface area contributed by atoms with Gasteiger partial charge in [0.2, 0.25) is 0 Å². The van der Waals surface area contributed by atoms with E-state index < -0.39 is 0 Å². The molecule has 0 spiro atoms. The van der Waals surface area contributed by atoms with Gasteiger partial charge in [0.1, 0.15) is 0 Å². The van der Waals surface area contributed by atoms with Crippen LogP contribution in [-0.4, -0.2) is 30.3 Å². The van der Waals surface area contributed by atoms with Gasteiger partial charge in [0.15, 0.2) is 5.15 Å². The summed E-state index contributed by atoms with van der Waals surface area (Å²) in [5.74, 6) is 0. The Bertz CT molecular complexity index is 558. The van der Waals surface area contributed by atoms with Gasteiger partial charge < -0.3 is 10.0 Å². The van der Waals surface area contributed by atoms with E-state index >= 15 is 0 Å². The van der Waals surface area contributed by atoms with Crippen molar-refractivity contribution in [1.29, 1.82) is 0 Å². The van der Waals surface area contributed by atoms with Crippen molar-refractivity contribution in [2.45, 2.75) is 0 Å². The van der Waals surface area contributed by atoms with Gasteiger partial charge in [-0.15, -0.1) is 0 Å². The molecule has 0 aliphatic carbocycles. The zero-order chi connectivity index (χ0) is 13.8. The van der Waals surface area contributed by atoms with Crippen molar-refractivity contribution < 1.29 is 5.11 Å². The van der Waals surface area contributed by atoms with Gasteiger partial charge in [-0.2, -0.15) is 0 Å². The lowest BCUT2D eigenvalue weighted by Crippen LogP contribution is -2.22. The Morgan fingerprint density at radius 3 is 2.47 bits per heavy atom. The van der Waals surface area contributed by atoms with Crippen LogP contribution in [0.4, 0.5) is 5.69 Å². The summed E-state index contributed by atoms with van der Waals surface area (Å²) in [7, 11) is 1.87. The average molecular weight is 297 g/mol. The number of aliphatic hydroxyl groups excluding tert-OH is 1. The standard InChI is InChI=1S/C14H14Cl2N2O/c1-18(8-9-19)13-12(6-7-17-14(13)16)10-2-4-11(15)5-3-10/h2-7,19H,8-9H2,1H3. The summed E-state index contributed by atoms with van der Waals surface area (Å²) in [6.45, 7) is 0.549. The predicted octanol–water partition coefficient (Wildman–Crippen LogP) is 3.48. The topological polar surface area (TPSA) is 36.4 Å². The Morgan fingerprint density at radius 2 is 1.84 bits per heavy atom. The number of hydrogen-bond acceptors (Lipinski definition) is 3. The molecular formula is C14H14Cl2N2O. The van der Waals surface area contributed by atoms with Crippen molar-refractivity contribution in [3.8, 4) is 11.1 Å². The minimum atomic E-state index is 0.0573. The predicted molar refractivity (Wildman–Crippen MR) is 80.0 cm³/mol. The molecule has 0 fully saturated rings. The van der Waals surface area contributed by atoms with E-state index in [1.165, 1.54) is 0 Å². The Hall–Kier alpha value is -1.29. The summed E-state index contributed by atoms with van der Waals surface area (Å²) in [4.78, 5) is 5.99.